The monoisotopic (exact) mass is 342 g/mol. The lowest BCUT2D eigenvalue weighted by molar-refractivity contribution is 0.0464. The Morgan fingerprint density at radius 2 is 2.36 bits per heavy atom. The van der Waals surface area contributed by atoms with Crippen molar-refractivity contribution >= 4 is 43.5 Å². The van der Waals surface area contributed by atoms with Crippen molar-refractivity contribution in [3.8, 4) is 0 Å². The molecule has 2 aliphatic rings. The fraction of sp³-hybridized carbons (Fsp3) is 0.800. The molecule has 2 aliphatic carbocycles. The van der Waals surface area contributed by atoms with Crippen molar-refractivity contribution < 1.29 is 4.74 Å². The van der Waals surface area contributed by atoms with Crippen LogP contribution in [0.4, 0.5) is 0 Å². The van der Waals surface area contributed by atoms with Crippen LogP contribution in [-0.4, -0.2) is 15.4 Å². The van der Waals surface area contributed by atoms with Crippen LogP contribution in [0.5, 0.6) is 0 Å². The summed E-state index contributed by atoms with van der Waals surface area (Å²) in [7, 11) is 0. The Morgan fingerprint density at radius 3 is 2.93 bits per heavy atom. The smallest absolute Gasteiger partial charge is 0.121 e. The standard InChI is InChI=1S/C10H13Br2ClO/c1-2-14-9-7(6-13)4-3-5-8(9)10(9,11)12/h6,8H,2-5H2,1H3/b7-6+/t8-,9-/m0/s1. The molecule has 14 heavy (non-hydrogen) atoms. The molecule has 0 heterocycles. The number of halogens is 3. The zero-order valence-electron chi connectivity index (χ0n) is 8.03. The Balaban J connectivity index is 2.32. The zero-order valence-corrected chi connectivity index (χ0v) is 12.0. The predicted molar refractivity (Wildman–Crippen MR) is 66.2 cm³/mol. The third-order valence-corrected chi connectivity index (χ3v) is 5.81. The van der Waals surface area contributed by atoms with Crippen molar-refractivity contribution in [1.29, 1.82) is 0 Å². The third kappa shape index (κ3) is 1.28. The van der Waals surface area contributed by atoms with E-state index in [1.165, 1.54) is 18.4 Å². The Bertz CT molecular complexity index is 277. The molecule has 0 aromatic rings. The van der Waals surface area contributed by atoms with E-state index in [0.717, 1.165) is 13.0 Å². The average molecular weight is 344 g/mol. The lowest BCUT2D eigenvalue weighted by atomic mass is 9.93. The van der Waals surface area contributed by atoms with Crippen LogP contribution in [-0.2, 0) is 4.74 Å². The topological polar surface area (TPSA) is 9.23 Å². The van der Waals surface area contributed by atoms with Gasteiger partial charge in [-0.05, 0) is 31.8 Å². The summed E-state index contributed by atoms with van der Waals surface area (Å²) in [6, 6.07) is 0. The lowest BCUT2D eigenvalue weighted by Crippen LogP contribution is -2.27. The largest absolute Gasteiger partial charge is 0.368 e. The minimum atomic E-state index is -0.179. The molecule has 0 amide bonds. The summed E-state index contributed by atoms with van der Waals surface area (Å²) in [5, 5.41) is 0. The van der Waals surface area contributed by atoms with Gasteiger partial charge in [0.05, 0.1) is 0 Å². The van der Waals surface area contributed by atoms with Crippen LogP contribution >= 0.6 is 43.5 Å². The van der Waals surface area contributed by atoms with Crippen LogP contribution in [0.25, 0.3) is 0 Å². The van der Waals surface area contributed by atoms with Crippen LogP contribution in [0.3, 0.4) is 0 Å². The second-order valence-electron chi connectivity index (χ2n) is 3.87. The van der Waals surface area contributed by atoms with Crippen molar-refractivity contribution in [1.82, 2.24) is 0 Å². The number of hydrogen-bond donors (Lipinski definition) is 0. The van der Waals surface area contributed by atoms with E-state index in [9.17, 15) is 0 Å². The highest BCUT2D eigenvalue weighted by atomic mass is 79.9. The fourth-order valence-electron chi connectivity index (χ4n) is 2.61. The fourth-order valence-corrected chi connectivity index (χ4v) is 5.04. The van der Waals surface area contributed by atoms with Gasteiger partial charge in [0.1, 0.15) is 8.83 Å². The Morgan fingerprint density at radius 1 is 1.64 bits per heavy atom. The van der Waals surface area contributed by atoms with E-state index in [4.69, 9.17) is 16.3 Å². The number of ether oxygens (including phenoxy) is 1. The second kappa shape index (κ2) is 3.76. The summed E-state index contributed by atoms with van der Waals surface area (Å²) < 4.78 is 5.83. The van der Waals surface area contributed by atoms with Crippen molar-refractivity contribution in [2.24, 2.45) is 5.92 Å². The lowest BCUT2D eigenvalue weighted by Gasteiger charge is -2.25. The van der Waals surface area contributed by atoms with Crippen molar-refractivity contribution in [3.05, 3.63) is 11.1 Å². The highest BCUT2D eigenvalue weighted by Crippen LogP contribution is 2.74. The quantitative estimate of drug-likeness (QED) is 0.683. The van der Waals surface area contributed by atoms with Crippen LogP contribution in [0.15, 0.2) is 11.1 Å². The maximum atomic E-state index is 5.92. The molecular formula is C10H13Br2ClO. The van der Waals surface area contributed by atoms with Gasteiger partial charge in [-0.2, -0.15) is 0 Å². The van der Waals surface area contributed by atoms with E-state index in [0.29, 0.717) is 5.92 Å². The first-order valence-corrected chi connectivity index (χ1v) is 6.95. The first-order chi connectivity index (χ1) is 6.61. The van der Waals surface area contributed by atoms with E-state index < -0.39 is 0 Å². The summed E-state index contributed by atoms with van der Waals surface area (Å²) in [5.74, 6) is 0.522. The number of rotatable bonds is 2. The summed E-state index contributed by atoms with van der Waals surface area (Å²) in [4.78, 5) is 0. The molecule has 0 spiro atoms. The van der Waals surface area contributed by atoms with Gasteiger partial charge < -0.3 is 4.74 Å². The van der Waals surface area contributed by atoms with Gasteiger partial charge in [-0.25, -0.2) is 0 Å². The molecule has 4 heteroatoms. The van der Waals surface area contributed by atoms with Crippen molar-refractivity contribution in [3.63, 3.8) is 0 Å². The van der Waals surface area contributed by atoms with E-state index >= 15 is 0 Å². The third-order valence-electron chi connectivity index (χ3n) is 3.26. The van der Waals surface area contributed by atoms with Gasteiger partial charge in [-0.3, -0.25) is 0 Å². The minimum Gasteiger partial charge on any atom is -0.368 e. The van der Waals surface area contributed by atoms with Crippen LogP contribution in [0.2, 0.25) is 0 Å². The number of fused-ring (bicyclic) bond motifs is 1. The molecule has 80 valence electrons. The van der Waals surface area contributed by atoms with Crippen LogP contribution in [0, 0.1) is 5.92 Å². The summed E-state index contributed by atoms with van der Waals surface area (Å²) >= 11 is 13.3. The number of alkyl halides is 2. The predicted octanol–water partition coefficient (Wildman–Crippen LogP) is 4.18. The molecular weight excluding hydrogens is 331 g/mol. The van der Waals surface area contributed by atoms with Gasteiger partial charge in [-0.15, -0.1) is 0 Å². The zero-order chi connectivity index (χ0) is 10.4. The molecule has 0 unspecified atom stereocenters. The molecule has 0 N–H and O–H groups in total. The molecule has 2 atom stereocenters. The van der Waals surface area contributed by atoms with Gasteiger partial charge in [0.25, 0.3) is 0 Å². The molecule has 0 radical (unpaired) electrons. The Labute approximate surface area is 106 Å². The minimum absolute atomic E-state index is 0.0831. The van der Waals surface area contributed by atoms with Crippen LogP contribution < -0.4 is 0 Å². The summed E-state index contributed by atoms with van der Waals surface area (Å²) in [6.45, 7) is 2.75. The average Bonchev–Trinajstić information content (AvgIpc) is 2.64. The van der Waals surface area contributed by atoms with Gasteiger partial charge in [0, 0.05) is 18.1 Å². The molecule has 2 fully saturated rings. The molecule has 2 rings (SSSR count). The number of hydrogen-bond acceptors (Lipinski definition) is 1. The highest BCUT2D eigenvalue weighted by Gasteiger charge is 2.78. The molecule has 1 nitrogen and oxygen atoms in total. The van der Waals surface area contributed by atoms with Gasteiger partial charge >= 0.3 is 0 Å². The first kappa shape index (κ1) is 11.4. The normalized spacial score (nSPS) is 42.3. The molecule has 0 aromatic carbocycles. The van der Waals surface area contributed by atoms with E-state index in [-0.39, 0.29) is 8.83 Å². The Hall–Kier alpha value is 0.950. The summed E-state index contributed by atoms with van der Waals surface area (Å²) in [5.41, 5.74) is 2.75. The van der Waals surface area contributed by atoms with E-state index in [1.807, 2.05) is 6.92 Å². The van der Waals surface area contributed by atoms with Crippen molar-refractivity contribution in [2.75, 3.05) is 6.61 Å². The molecule has 0 saturated heterocycles. The van der Waals surface area contributed by atoms with Gasteiger partial charge in [0.2, 0.25) is 0 Å². The van der Waals surface area contributed by atoms with E-state index in [1.54, 1.807) is 5.54 Å². The maximum Gasteiger partial charge on any atom is 0.121 e. The van der Waals surface area contributed by atoms with Gasteiger partial charge in [0.15, 0.2) is 0 Å². The first-order valence-electron chi connectivity index (χ1n) is 4.92. The Kier molecular flexibility index (Phi) is 3.07. The van der Waals surface area contributed by atoms with Gasteiger partial charge in [-0.1, -0.05) is 43.5 Å². The second-order valence-corrected chi connectivity index (χ2v) is 7.65. The summed E-state index contributed by atoms with van der Waals surface area (Å²) in [6.07, 6.45) is 3.46. The highest BCUT2D eigenvalue weighted by molar-refractivity contribution is 9.25. The molecule has 0 bridgehead atoms. The van der Waals surface area contributed by atoms with E-state index in [2.05, 4.69) is 31.9 Å². The maximum absolute atomic E-state index is 5.92. The SMILES string of the molecule is CCO[C@@]12/C(=C/Cl)CCC[C@@H]1C2(Br)Br. The molecule has 2 saturated carbocycles. The molecule has 0 aliphatic heterocycles. The van der Waals surface area contributed by atoms with Crippen molar-refractivity contribution in [2.45, 2.75) is 35.0 Å². The molecule has 0 aromatic heterocycles. The van der Waals surface area contributed by atoms with Crippen LogP contribution in [0.1, 0.15) is 26.2 Å².